The maximum atomic E-state index is 12.7. The number of carboxylic acid groups (broad SMARTS) is 4. The summed E-state index contributed by atoms with van der Waals surface area (Å²) in [5.74, 6) is -11.0. The van der Waals surface area contributed by atoms with Crippen molar-refractivity contribution in [2.75, 3.05) is 26.4 Å². The van der Waals surface area contributed by atoms with Crippen LogP contribution in [0.3, 0.4) is 0 Å². The molecule has 8 saturated heterocycles. The van der Waals surface area contributed by atoms with Crippen molar-refractivity contribution >= 4 is 139 Å². The Morgan fingerprint density at radius 1 is 0.257 bits per heavy atom. The quantitative estimate of drug-likeness (QED) is 0.0252. The molecule has 78 nitrogen and oxygen atoms in total. The Kier molecular flexibility index (Phi) is 41.0. The highest BCUT2D eigenvalue weighted by Gasteiger charge is 2.65. The third kappa shape index (κ3) is 34.3. The molecule has 8 heterocycles. The molecule has 140 heavy (non-hydrogen) atoms. The highest BCUT2D eigenvalue weighted by Crippen LogP contribution is 2.42. The Bertz CT molecular complexity index is 5220. The number of amides is 2. The van der Waals surface area contributed by atoms with Crippen LogP contribution in [0.2, 0.25) is 0 Å². The van der Waals surface area contributed by atoms with Gasteiger partial charge in [0.1, 0.15) is 146 Å². The van der Waals surface area contributed by atoms with Crippen LogP contribution in [-0.2, 0) is 232 Å². The van der Waals surface area contributed by atoms with Crippen molar-refractivity contribution in [1.29, 1.82) is 0 Å². The maximum absolute atomic E-state index is 12.7. The number of hydrogen-bond donors (Lipinski definition) is 30. The Hall–Kier alpha value is -5.52. The van der Waals surface area contributed by atoms with Crippen molar-refractivity contribution in [3.63, 3.8) is 0 Å². The molecule has 0 radical (unpaired) electrons. The number of rotatable bonds is 42. The van der Waals surface area contributed by atoms with E-state index in [2.05, 4.69) is 33.5 Å². The van der Waals surface area contributed by atoms with Crippen LogP contribution >= 0.6 is 0 Å². The molecule has 0 aliphatic carbocycles. The van der Waals surface area contributed by atoms with Crippen LogP contribution < -0.4 is 20.1 Å². The van der Waals surface area contributed by atoms with E-state index in [1.807, 2.05) is 10.6 Å². The third-order valence-electron chi connectivity index (χ3n) is 19.4. The van der Waals surface area contributed by atoms with E-state index in [0.717, 1.165) is 13.8 Å². The summed E-state index contributed by atoms with van der Waals surface area (Å²) in [6.07, 6.45) is -98.1. The van der Waals surface area contributed by atoms with Crippen molar-refractivity contribution in [3.8, 4) is 0 Å². The van der Waals surface area contributed by atoms with Crippen LogP contribution in [0.4, 0.5) is 0 Å². The highest BCUT2D eigenvalue weighted by molar-refractivity contribution is 7.84. The van der Waals surface area contributed by atoms with E-state index < -0.39 is 411 Å². The second kappa shape index (κ2) is 47.3. The molecule has 8 aliphatic rings. The molecule has 0 spiro atoms. The summed E-state index contributed by atoms with van der Waals surface area (Å²) in [6.45, 7) is -4.48. The van der Waals surface area contributed by atoms with Crippen molar-refractivity contribution < 1.29 is 340 Å². The summed E-state index contributed by atoms with van der Waals surface area (Å²) < 4.78 is 445. The van der Waals surface area contributed by atoms with E-state index >= 15 is 0 Å². The van der Waals surface area contributed by atoms with Gasteiger partial charge in [0, 0.05) is 13.8 Å². The van der Waals surface area contributed by atoms with Gasteiger partial charge in [0.15, 0.2) is 99.2 Å². The summed E-state index contributed by atoms with van der Waals surface area (Å²) in [5.41, 5.74) is 0. The number of aliphatic hydroxyl groups excluding tert-OH is 12. The number of carbonyl (C=O) groups is 6. The van der Waals surface area contributed by atoms with Crippen molar-refractivity contribution in [3.05, 3.63) is 0 Å². The van der Waals surface area contributed by atoms with E-state index in [4.69, 9.17) is 75.4 Å². The van der Waals surface area contributed by atoms with E-state index in [9.17, 15) is 231 Å². The van der Waals surface area contributed by atoms with Gasteiger partial charge >= 0.3 is 128 Å². The Morgan fingerprint density at radius 3 is 0.721 bits per heavy atom. The molecular weight excluding hydrogens is 2190 g/mol. The van der Waals surface area contributed by atoms with Gasteiger partial charge in [0.25, 0.3) is 0 Å². The van der Waals surface area contributed by atoms with Crippen LogP contribution in [0.15, 0.2) is 0 Å². The number of carboxylic acids is 4. The number of carbonyl (C=O) groups excluding carboxylic acids is 2. The highest BCUT2D eigenvalue weighted by atomic mass is 32.3. The van der Waals surface area contributed by atoms with Crippen molar-refractivity contribution in [2.45, 2.75) is 259 Å². The van der Waals surface area contributed by atoms with Gasteiger partial charge in [-0.15, -0.1) is 0 Å². The lowest BCUT2D eigenvalue weighted by Crippen LogP contribution is -2.71. The first-order valence-electron chi connectivity index (χ1n) is 36.9. The molecule has 816 valence electrons. The van der Waals surface area contributed by atoms with E-state index in [-0.39, 0.29) is 0 Å². The average Bonchev–Trinajstić information content (AvgIpc) is 0.756. The fourth-order valence-corrected chi connectivity index (χ4v) is 18.9. The van der Waals surface area contributed by atoms with E-state index in [0.29, 0.717) is 0 Å². The van der Waals surface area contributed by atoms with Crippen LogP contribution in [0.5, 0.6) is 0 Å². The van der Waals surface area contributed by atoms with Gasteiger partial charge < -0.3 is 159 Å². The lowest BCUT2D eigenvalue weighted by molar-refractivity contribution is -0.366. The largest absolute Gasteiger partial charge is 0.479 e. The number of aliphatic hydroxyl groups is 12. The van der Waals surface area contributed by atoms with E-state index in [1.54, 1.807) is 0 Å². The first-order chi connectivity index (χ1) is 63.6. The molecule has 30 N–H and O–H groups in total. The first kappa shape index (κ1) is 121. The smallest absolute Gasteiger partial charge is 0.397 e. The summed E-state index contributed by atoms with van der Waals surface area (Å²) >= 11 is 0. The van der Waals surface area contributed by atoms with Crippen LogP contribution in [0, 0.1) is 0 Å². The van der Waals surface area contributed by atoms with Crippen molar-refractivity contribution in [2.24, 2.45) is 0 Å². The van der Waals surface area contributed by atoms with Gasteiger partial charge in [-0.3, -0.25) is 55.1 Å². The zero-order chi connectivity index (χ0) is 107. The molecule has 0 aromatic heterocycles. The standard InChI is InChI=1S/2C26H42N2O37S5/c2*1-4(30)27-7-9(31)13(6(56-23(7)39)3-55-67(43,44)45)58-26-19(65-70(52,53)54)12(34)16(20(62-26)22(37)38)60-24-8(28-66(40,41)42)15(63-68(46,47)48)14(5(2-29)57-24)59-25-18(64-69(49,50)51)11(33)10(32)17(61-25)21(35)36/h2*5-20,23-26,28-29,31-34,39H,2-3H2,1H3,(H,27,30)(H,35,36)(H,37,38)(H,40,41,42)(H,43,44,45)(H,46,47,48)(H,49,50,51)(H,52,53,54). The summed E-state index contributed by atoms with van der Waals surface area (Å²) in [5, 5.41) is 172. The van der Waals surface area contributed by atoms with E-state index in [1.165, 1.54) is 9.44 Å². The van der Waals surface area contributed by atoms with Gasteiger partial charge in [-0.1, -0.05) is 0 Å². The topological polar surface area (TPSA) is 1220 Å². The van der Waals surface area contributed by atoms with Gasteiger partial charge in [-0.25, -0.2) is 52.6 Å². The lowest BCUT2D eigenvalue weighted by Gasteiger charge is -2.50. The molecule has 8 fully saturated rings. The zero-order valence-electron chi connectivity index (χ0n) is 68.2. The minimum atomic E-state index is -6.09. The molecule has 0 aromatic carbocycles. The fourth-order valence-electron chi connectivity index (χ4n) is 14.1. The minimum absolute atomic E-state index is 0.840. The predicted octanol–water partition coefficient (Wildman–Crippen LogP) is -21.4. The number of nitrogens with one attached hydrogen (secondary N) is 4. The summed E-state index contributed by atoms with van der Waals surface area (Å²) in [4.78, 5) is 72.8. The third-order valence-corrected chi connectivity index (χ3v) is 24.2. The summed E-state index contributed by atoms with van der Waals surface area (Å²) in [7, 11) is -58.3. The Labute approximate surface area is 781 Å². The zero-order valence-corrected chi connectivity index (χ0v) is 76.4. The fraction of sp³-hybridized carbons (Fsp3) is 0.885. The second-order valence-electron chi connectivity index (χ2n) is 29.2. The SMILES string of the molecule is CC(=O)NC1C(O)OC(COS(=O)(=O)O)C(OC2OC(C(=O)O)C(OC3OC(CO)C(OC4OC(C(=O)O)C(O)C(O)C4OS(=O)(=O)O)C(OS(=O)(=O)O)C3NS(=O)(=O)O)C(O)C2OS(=O)(=O)O)C1O.CC(=O)NC1C(O)OC(COS(=O)(=O)O)C(OC2OC(C(=O)O)C(OC3OC(CO)C(OC4OC(C(=O)O)C(O)C(O)C4OS(=O)(=O)O)C(OS(=O)(=O)O)C3NS(=O)(=O)O)C(O)C2OS(=O)(=O)O)C1O. The second-order valence-corrected chi connectivity index (χ2v) is 40.1. The predicted molar refractivity (Wildman–Crippen MR) is 401 cm³/mol. The molecule has 2 amide bonds. The van der Waals surface area contributed by atoms with Gasteiger partial charge in [-0.05, 0) is 0 Å². The van der Waals surface area contributed by atoms with Crippen LogP contribution in [0.25, 0.3) is 0 Å². The molecule has 40 unspecified atom stereocenters. The van der Waals surface area contributed by atoms with Gasteiger partial charge in [0.2, 0.25) is 11.8 Å². The van der Waals surface area contributed by atoms with Gasteiger partial charge in [0.05, 0.1) is 26.4 Å². The van der Waals surface area contributed by atoms with Crippen molar-refractivity contribution in [1.82, 2.24) is 20.1 Å². The van der Waals surface area contributed by atoms with Gasteiger partial charge in [-0.2, -0.15) is 93.6 Å². The maximum Gasteiger partial charge on any atom is 0.397 e. The van der Waals surface area contributed by atoms with Crippen LogP contribution in [0.1, 0.15) is 13.8 Å². The molecule has 88 heteroatoms. The number of aliphatic carboxylic acids is 4. The lowest BCUT2D eigenvalue weighted by atomic mass is 9.94. The number of ether oxygens (including phenoxy) is 14. The monoisotopic (exact) mass is 2270 g/mol. The molecule has 40 atom stereocenters. The molecule has 8 rings (SSSR count). The Morgan fingerprint density at radius 2 is 0.493 bits per heavy atom. The first-order valence-corrected chi connectivity index (χ1v) is 50.7. The van der Waals surface area contributed by atoms with Crippen LogP contribution in [-0.4, -0.2) is 519 Å². The molecular formula is C52H84N4O74S10. The minimum Gasteiger partial charge on any atom is -0.479 e. The number of hydrogen-bond acceptors (Lipinski definition) is 60. The summed E-state index contributed by atoms with van der Waals surface area (Å²) in [6, 6.07) is -9.92. The molecule has 0 bridgehead atoms. The molecule has 0 saturated carbocycles. The average molecular weight is 2270 g/mol. The molecule has 8 aliphatic heterocycles. The molecule has 0 aromatic rings. The normalized spacial score (nSPS) is 39.2. The Balaban J connectivity index is 0.000000381.